The summed E-state index contributed by atoms with van der Waals surface area (Å²) in [6.45, 7) is 1.91. The van der Waals surface area contributed by atoms with Crippen LogP contribution in [0.15, 0.2) is 48.5 Å². The van der Waals surface area contributed by atoms with Gasteiger partial charge in [-0.15, -0.1) is 0 Å². The maximum absolute atomic E-state index is 12.7. The van der Waals surface area contributed by atoms with Crippen molar-refractivity contribution in [1.29, 1.82) is 0 Å². The molecule has 1 unspecified atom stereocenters. The molecule has 0 saturated carbocycles. The van der Waals surface area contributed by atoms with Crippen LogP contribution >= 0.6 is 0 Å². The fourth-order valence-electron chi connectivity index (χ4n) is 3.44. The van der Waals surface area contributed by atoms with Crippen LogP contribution in [0.1, 0.15) is 23.2 Å². The number of carbonyl (C=O) groups is 1. The van der Waals surface area contributed by atoms with Crippen LogP contribution in [0.3, 0.4) is 0 Å². The van der Waals surface area contributed by atoms with E-state index in [0.717, 1.165) is 35.5 Å². The van der Waals surface area contributed by atoms with E-state index < -0.39 is 0 Å². The molecule has 0 bridgehead atoms. The first-order chi connectivity index (χ1) is 12.1. The van der Waals surface area contributed by atoms with E-state index in [4.69, 9.17) is 4.74 Å². The average molecular weight is 338 g/mol. The molecule has 0 radical (unpaired) electrons. The Labute approximate surface area is 150 Å². The first-order valence-electron chi connectivity index (χ1n) is 8.78. The van der Waals surface area contributed by atoms with Crippen molar-refractivity contribution in [3.63, 3.8) is 0 Å². The standard InChI is InChI=1S/C21H26N2O2/c1-22-13-5-7-19(22)15-23(2)21(24)17-11-9-16(10-12-17)18-6-4-8-20(14-18)25-3/h4,6,8-12,14,19H,5,7,13,15H2,1-3H3. The lowest BCUT2D eigenvalue weighted by Gasteiger charge is -2.26. The SMILES string of the molecule is COc1cccc(-c2ccc(C(=O)N(C)CC3CCCN3C)cc2)c1. The molecule has 0 N–H and O–H groups in total. The molecule has 3 rings (SSSR count). The normalized spacial score (nSPS) is 17.5. The molecule has 1 atom stereocenters. The maximum Gasteiger partial charge on any atom is 0.253 e. The van der Waals surface area contributed by atoms with Gasteiger partial charge in [-0.05, 0) is 61.8 Å². The van der Waals surface area contributed by atoms with Gasteiger partial charge < -0.3 is 14.5 Å². The van der Waals surface area contributed by atoms with Crippen molar-refractivity contribution < 1.29 is 9.53 Å². The lowest BCUT2D eigenvalue weighted by molar-refractivity contribution is 0.0761. The lowest BCUT2D eigenvalue weighted by Crippen LogP contribution is -2.39. The van der Waals surface area contributed by atoms with E-state index in [1.54, 1.807) is 7.11 Å². The van der Waals surface area contributed by atoms with Gasteiger partial charge in [-0.2, -0.15) is 0 Å². The van der Waals surface area contributed by atoms with Gasteiger partial charge in [-0.3, -0.25) is 4.79 Å². The van der Waals surface area contributed by atoms with Gasteiger partial charge >= 0.3 is 0 Å². The van der Waals surface area contributed by atoms with E-state index in [9.17, 15) is 4.79 Å². The summed E-state index contributed by atoms with van der Waals surface area (Å²) in [5.74, 6) is 0.913. The third kappa shape index (κ3) is 4.02. The molecular formula is C21H26N2O2. The van der Waals surface area contributed by atoms with Crippen molar-refractivity contribution in [2.45, 2.75) is 18.9 Å². The van der Waals surface area contributed by atoms with E-state index in [0.29, 0.717) is 6.04 Å². The third-order valence-corrected chi connectivity index (χ3v) is 5.04. The van der Waals surface area contributed by atoms with Gasteiger partial charge in [-0.1, -0.05) is 24.3 Å². The van der Waals surface area contributed by atoms with E-state index in [-0.39, 0.29) is 5.91 Å². The zero-order valence-electron chi connectivity index (χ0n) is 15.2. The number of hydrogen-bond acceptors (Lipinski definition) is 3. The van der Waals surface area contributed by atoms with Crippen LogP contribution in [0.4, 0.5) is 0 Å². The van der Waals surface area contributed by atoms with Crippen LogP contribution in [-0.4, -0.2) is 56.0 Å². The zero-order chi connectivity index (χ0) is 17.8. The Morgan fingerprint density at radius 2 is 1.96 bits per heavy atom. The van der Waals surface area contributed by atoms with Crippen molar-refractivity contribution in [2.75, 3.05) is 34.3 Å². The van der Waals surface area contributed by atoms with Gasteiger partial charge in [0.05, 0.1) is 7.11 Å². The number of carbonyl (C=O) groups excluding carboxylic acids is 1. The van der Waals surface area contributed by atoms with E-state index in [2.05, 4.69) is 11.9 Å². The first kappa shape index (κ1) is 17.5. The Hall–Kier alpha value is -2.33. The molecule has 1 fully saturated rings. The zero-order valence-corrected chi connectivity index (χ0v) is 15.2. The Balaban J connectivity index is 1.69. The molecule has 1 saturated heterocycles. The monoisotopic (exact) mass is 338 g/mol. The number of amides is 1. The summed E-state index contributed by atoms with van der Waals surface area (Å²) in [5.41, 5.74) is 2.89. The van der Waals surface area contributed by atoms with Crippen molar-refractivity contribution in [1.82, 2.24) is 9.80 Å². The van der Waals surface area contributed by atoms with Gasteiger partial charge in [0.25, 0.3) is 5.91 Å². The number of likely N-dealkylation sites (tertiary alicyclic amines) is 1. The Bertz CT molecular complexity index is 727. The van der Waals surface area contributed by atoms with E-state index in [1.807, 2.05) is 60.5 Å². The number of rotatable bonds is 5. The molecule has 25 heavy (non-hydrogen) atoms. The number of hydrogen-bond donors (Lipinski definition) is 0. The number of ether oxygens (including phenoxy) is 1. The number of benzene rings is 2. The predicted molar refractivity (Wildman–Crippen MR) is 101 cm³/mol. The molecule has 4 heteroatoms. The summed E-state index contributed by atoms with van der Waals surface area (Å²) in [6.07, 6.45) is 2.39. The average Bonchev–Trinajstić information content (AvgIpc) is 3.06. The molecular weight excluding hydrogens is 312 g/mol. The predicted octanol–water partition coefficient (Wildman–Crippen LogP) is 3.53. The highest BCUT2D eigenvalue weighted by atomic mass is 16.5. The van der Waals surface area contributed by atoms with Crippen molar-refractivity contribution >= 4 is 5.91 Å². The maximum atomic E-state index is 12.7. The van der Waals surface area contributed by atoms with Crippen molar-refractivity contribution in [2.24, 2.45) is 0 Å². The highest BCUT2D eigenvalue weighted by Crippen LogP contribution is 2.24. The van der Waals surface area contributed by atoms with Crippen LogP contribution in [0.5, 0.6) is 5.75 Å². The Morgan fingerprint density at radius 1 is 1.20 bits per heavy atom. The Kier molecular flexibility index (Phi) is 5.39. The van der Waals surface area contributed by atoms with Crippen LogP contribution < -0.4 is 4.74 Å². The number of methoxy groups -OCH3 is 1. The number of nitrogens with zero attached hydrogens (tertiary/aromatic N) is 2. The van der Waals surface area contributed by atoms with Crippen molar-refractivity contribution in [3.05, 3.63) is 54.1 Å². The molecule has 0 aromatic heterocycles. The summed E-state index contributed by atoms with van der Waals surface area (Å²) >= 11 is 0. The van der Waals surface area contributed by atoms with Crippen LogP contribution in [0.25, 0.3) is 11.1 Å². The summed E-state index contributed by atoms with van der Waals surface area (Å²) in [4.78, 5) is 16.9. The fraction of sp³-hybridized carbons (Fsp3) is 0.381. The molecule has 132 valence electrons. The molecule has 1 amide bonds. The molecule has 4 nitrogen and oxygen atoms in total. The van der Waals surface area contributed by atoms with Gasteiger partial charge in [0.15, 0.2) is 0 Å². The summed E-state index contributed by atoms with van der Waals surface area (Å²) in [7, 11) is 5.70. The lowest BCUT2D eigenvalue weighted by atomic mass is 10.0. The second kappa shape index (κ2) is 7.70. The topological polar surface area (TPSA) is 32.8 Å². The second-order valence-electron chi connectivity index (χ2n) is 6.77. The van der Waals surface area contributed by atoms with Crippen LogP contribution in [0.2, 0.25) is 0 Å². The second-order valence-corrected chi connectivity index (χ2v) is 6.77. The quantitative estimate of drug-likeness (QED) is 0.836. The highest BCUT2D eigenvalue weighted by Gasteiger charge is 2.24. The van der Waals surface area contributed by atoms with Gasteiger partial charge in [0.2, 0.25) is 0 Å². The van der Waals surface area contributed by atoms with Gasteiger partial charge in [-0.25, -0.2) is 0 Å². The molecule has 0 spiro atoms. The van der Waals surface area contributed by atoms with Crippen LogP contribution in [-0.2, 0) is 0 Å². The minimum atomic E-state index is 0.0810. The van der Waals surface area contributed by atoms with Gasteiger partial charge in [0, 0.05) is 25.2 Å². The van der Waals surface area contributed by atoms with E-state index >= 15 is 0 Å². The molecule has 1 aliphatic rings. The smallest absolute Gasteiger partial charge is 0.253 e. The minimum absolute atomic E-state index is 0.0810. The molecule has 2 aromatic rings. The minimum Gasteiger partial charge on any atom is -0.497 e. The molecule has 0 aliphatic carbocycles. The third-order valence-electron chi connectivity index (χ3n) is 5.04. The fourth-order valence-corrected chi connectivity index (χ4v) is 3.44. The summed E-state index contributed by atoms with van der Waals surface area (Å²) in [6, 6.07) is 16.2. The van der Waals surface area contributed by atoms with Crippen LogP contribution in [0, 0.1) is 0 Å². The van der Waals surface area contributed by atoms with E-state index in [1.165, 1.54) is 12.8 Å². The Morgan fingerprint density at radius 3 is 2.60 bits per heavy atom. The molecule has 1 aliphatic heterocycles. The molecule has 1 heterocycles. The highest BCUT2D eigenvalue weighted by molar-refractivity contribution is 5.94. The number of likely N-dealkylation sites (N-methyl/N-ethyl adjacent to an activating group) is 2. The summed E-state index contributed by atoms with van der Waals surface area (Å²) < 4.78 is 5.28. The summed E-state index contributed by atoms with van der Waals surface area (Å²) in [5, 5.41) is 0. The van der Waals surface area contributed by atoms with Crippen molar-refractivity contribution in [3.8, 4) is 16.9 Å². The first-order valence-corrected chi connectivity index (χ1v) is 8.78. The molecule has 2 aromatic carbocycles. The largest absolute Gasteiger partial charge is 0.497 e. The van der Waals surface area contributed by atoms with Gasteiger partial charge in [0.1, 0.15) is 5.75 Å².